The van der Waals surface area contributed by atoms with Crippen LogP contribution in [-0.4, -0.2) is 35.7 Å². The average Bonchev–Trinajstić information content (AvgIpc) is 2.81. The number of aliphatic hydroxyl groups is 1. The molecule has 94 valence electrons. The predicted molar refractivity (Wildman–Crippen MR) is 70.1 cm³/mol. The second-order valence-corrected chi connectivity index (χ2v) is 4.90. The van der Waals surface area contributed by atoms with E-state index in [4.69, 9.17) is 17.3 Å². The van der Waals surface area contributed by atoms with E-state index in [9.17, 15) is 5.11 Å². The molecule has 1 saturated heterocycles. The lowest BCUT2D eigenvalue weighted by Gasteiger charge is -2.32. The Morgan fingerprint density at radius 1 is 1.47 bits per heavy atom. The molecule has 0 aliphatic carbocycles. The highest BCUT2D eigenvalue weighted by atomic mass is 35.5. The minimum atomic E-state index is 0.114. The Labute approximate surface area is 107 Å². The van der Waals surface area contributed by atoms with Crippen LogP contribution in [0.2, 0.25) is 5.02 Å². The van der Waals surface area contributed by atoms with Crippen LogP contribution in [0.3, 0.4) is 0 Å². The van der Waals surface area contributed by atoms with E-state index < -0.39 is 0 Å². The van der Waals surface area contributed by atoms with Crippen molar-refractivity contribution in [2.45, 2.75) is 24.9 Å². The second kappa shape index (κ2) is 5.83. The van der Waals surface area contributed by atoms with E-state index >= 15 is 0 Å². The van der Waals surface area contributed by atoms with Gasteiger partial charge < -0.3 is 10.8 Å². The van der Waals surface area contributed by atoms with Crippen molar-refractivity contribution in [3.05, 3.63) is 34.9 Å². The van der Waals surface area contributed by atoms with Crippen molar-refractivity contribution >= 4 is 11.6 Å². The summed E-state index contributed by atoms with van der Waals surface area (Å²) in [7, 11) is 0. The van der Waals surface area contributed by atoms with Crippen LogP contribution in [0.4, 0.5) is 0 Å². The van der Waals surface area contributed by atoms with Crippen molar-refractivity contribution in [1.82, 2.24) is 4.90 Å². The number of benzene rings is 1. The molecular weight excluding hydrogens is 236 g/mol. The Hall–Kier alpha value is -0.610. The molecule has 3 nitrogen and oxygen atoms in total. The Bertz CT molecular complexity index is 372. The number of halogens is 1. The zero-order chi connectivity index (χ0) is 12.3. The van der Waals surface area contributed by atoms with Crippen molar-refractivity contribution in [1.29, 1.82) is 0 Å². The first-order chi connectivity index (χ1) is 8.27. The molecule has 2 atom stereocenters. The first-order valence-electron chi connectivity index (χ1n) is 6.09. The summed E-state index contributed by atoms with van der Waals surface area (Å²) in [5.74, 6) is 0. The van der Waals surface area contributed by atoms with Crippen LogP contribution in [0.1, 0.15) is 24.4 Å². The number of nitrogens with two attached hydrogens (primary N) is 1. The van der Waals surface area contributed by atoms with Gasteiger partial charge in [0.1, 0.15) is 0 Å². The Morgan fingerprint density at radius 2 is 2.24 bits per heavy atom. The maximum atomic E-state index is 9.38. The summed E-state index contributed by atoms with van der Waals surface area (Å²) in [6, 6.07) is 8.15. The summed E-state index contributed by atoms with van der Waals surface area (Å²) < 4.78 is 0. The number of likely N-dealkylation sites (tertiary alicyclic amines) is 1. The van der Waals surface area contributed by atoms with Gasteiger partial charge in [0.2, 0.25) is 0 Å². The van der Waals surface area contributed by atoms with Gasteiger partial charge in [0, 0.05) is 23.7 Å². The van der Waals surface area contributed by atoms with E-state index in [2.05, 4.69) is 4.90 Å². The lowest BCUT2D eigenvalue weighted by molar-refractivity contribution is 0.121. The minimum absolute atomic E-state index is 0.114. The molecule has 0 radical (unpaired) electrons. The van der Waals surface area contributed by atoms with Gasteiger partial charge in [0.05, 0.1) is 6.61 Å². The number of rotatable bonds is 4. The SMILES string of the molecule is NCC(c1ccccc1Cl)N1CCCC1CO. The van der Waals surface area contributed by atoms with Crippen LogP contribution in [0.5, 0.6) is 0 Å². The van der Waals surface area contributed by atoms with Crippen LogP contribution < -0.4 is 5.73 Å². The molecule has 1 fully saturated rings. The summed E-state index contributed by atoms with van der Waals surface area (Å²) in [5.41, 5.74) is 6.96. The van der Waals surface area contributed by atoms with E-state index in [0.717, 1.165) is 30.0 Å². The molecule has 4 heteroatoms. The molecule has 17 heavy (non-hydrogen) atoms. The van der Waals surface area contributed by atoms with Crippen molar-refractivity contribution in [3.8, 4) is 0 Å². The maximum absolute atomic E-state index is 9.38. The summed E-state index contributed by atoms with van der Waals surface area (Å²) >= 11 is 6.22. The molecule has 1 aliphatic heterocycles. The zero-order valence-corrected chi connectivity index (χ0v) is 10.6. The third-order valence-corrected chi connectivity index (χ3v) is 3.87. The fourth-order valence-corrected chi connectivity index (χ4v) is 2.91. The van der Waals surface area contributed by atoms with E-state index in [1.54, 1.807) is 0 Å². The van der Waals surface area contributed by atoms with Crippen LogP contribution in [0.15, 0.2) is 24.3 Å². The summed E-state index contributed by atoms with van der Waals surface area (Å²) in [6.45, 7) is 1.71. The topological polar surface area (TPSA) is 49.5 Å². The van der Waals surface area contributed by atoms with Gasteiger partial charge in [-0.15, -0.1) is 0 Å². The van der Waals surface area contributed by atoms with Gasteiger partial charge in [-0.25, -0.2) is 0 Å². The highest BCUT2D eigenvalue weighted by Crippen LogP contribution is 2.32. The van der Waals surface area contributed by atoms with Gasteiger partial charge in [0.25, 0.3) is 0 Å². The Morgan fingerprint density at radius 3 is 2.88 bits per heavy atom. The van der Waals surface area contributed by atoms with Crippen LogP contribution >= 0.6 is 11.6 Å². The van der Waals surface area contributed by atoms with E-state index in [0.29, 0.717) is 6.54 Å². The summed E-state index contributed by atoms with van der Waals surface area (Å²) in [4.78, 5) is 2.28. The third-order valence-electron chi connectivity index (χ3n) is 3.52. The third kappa shape index (κ3) is 2.63. The highest BCUT2D eigenvalue weighted by molar-refractivity contribution is 6.31. The van der Waals surface area contributed by atoms with E-state index in [1.165, 1.54) is 0 Å². The standard InChI is InChI=1S/C13H19ClN2O/c14-12-6-2-1-5-11(12)13(8-15)16-7-3-4-10(16)9-17/h1-2,5-6,10,13,17H,3-4,7-9,15H2. The van der Waals surface area contributed by atoms with E-state index in [1.807, 2.05) is 24.3 Å². The molecule has 3 N–H and O–H groups in total. The molecule has 0 aromatic heterocycles. The van der Waals surface area contributed by atoms with Crippen molar-refractivity contribution in [2.75, 3.05) is 19.7 Å². The highest BCUT2D eigenvalue weighted by Gasteiger charge is 2.31. The predicted octanol–water partition coefficient (Wildman–Crippen LogP) is 1.80. The Balaban J connectivity index is 2.24. The van der Waals surface area contributed by atoms with Gasteiger partial charge >= 0.3 is 0 Å². The molecule has 0 bridgehead atoms. The van der Waals surface area contributed by atoms with Crippen molar-refractivity contribution in [2.24, 2.45) is 5.73 Å². The fraction of sp³-hybridized carbons (Fsp3) is 0.538. The monoisotopic (exact) mass is 254 g/mol. The lowest BCUT2D eigenvalue weighted by atomic mass is 10.0. The minimum Gasteiger partial charge on any atom is -0.395 e. The van der Waals surface area contributed by atoms with Crippen molar-refractivity contribution in [3.63, 3.8) is 0 Å². The Kier molecular flexibility index (Phi) is 4.40. The number of hydrogen-bond donors (Lipinski definition) is 2. The van der Waals surface area contributed by atoms with Crippen molar-refractivity contribution < 1.29 is 5.11 Å². The van der Waals surface area contributed by atoms with Crippen LogP contribution in [0, 0.1) is 0 Å². The van der Waals surface area contributed by atoms with Crippen LogP contribution in [0.25, 0.3) is 0 Å². The van der Waals surface area contributed by atoms with Gasteiger partial charge in [-0.1, -0.05) is 29.8 Å². The molecule has 1 heterocycles. The zero-order valence-electron chi connectivity index (χ0n) is 9.85. The molecule has 0 spiro atoms. The first kappa shape index (κ1) is 12.8. The molecule has 1 aromatic rings. The quantitative estimate of drug-likeness (QED) is 0.862. The first-order valence-corrected chi connectivity index (χ1v) is 6.46. The normalized spacial score (nSPS) is 22.9. The van der Waals surface area contributed by atoms with E-state index in [-0.39, 0.29) is 18.7 Å². The summed E-state index contributed by atoms with van der Waals surface area (Å²) in [5, 5.41) is 10.1. The van der Waals surface area contributed by atoms with Gasteiger partial charge in [0.15, 0.2) is 0 Å². The molecule has 2 unspecified atom stereocenters. The molecule has 1 aliphatic rings. The number of nitrogens with zero attached hydrogens (tertiary/aromatic N) is 1. The second-order valence-electron chi connectivity index (χ2n) is 4.49. The maximum Gasteiger partial charge on any atom is 0.0587 e. The molecular formula is C13H19ClN2O. The smallest absolute Gasteiger partial charge is 0.0587 e. The molecule has 2 rings (SSSR count). The number of hydrogen-bond acceptors (Lipinski definition) is 3. The molecule has 0 saturated carbocycles. The van der Waals surface area contributed by atoms with Gasteiger partial charge in [-0.2, -0.15) is 0 Å². The number of aliphatic hydroxyl groups excluding tert-OH is 1. The van der Waals surface area contributed by atoms with Gasteiger partial charge in [-0.3, -0.25) is 4.90 Å². The lowest BCUT2D eigenvalue weighted by Crippen LogP contribution is -2.39. The van der Waals surface area contributed by atoms with Gasteiger partial charge in [-0.05, 0) is 31.0 Å². The average molecular weight is 255 g/mol. The van der Waals surface area contributed by atoms with Crippen LogP contribution in [-0.2, 0) is 0 Å². The summed E-state index contributed by atoms with van der Waals surface area (Å²) in [6.07, 6.45) is 2.16. The fourth-order valence-electron chi connectivity index (χ4n) is 2.65. The molecule has 1 aromatic carbocycles. The molecule has 0 amide bonds. The largest absolute Gasteiger partial charge is 0.395 e.